The van der Waals surface area contributed by atoms with E-state index in [0.717, 1.165) is 24.9 Å². The van der Waals surface area contributed by atoms with E-state index in [1.807, 2.05) is 17.6 Å². The summed E-state index contributed by atoms with van der Waals surface area (Å²) in [6, 6.07) is 8.08. The van der Waals surface area contributed by atoms with E-state index in [1.54, 1.807) is 11.3 Å². The molecule has 0 aliphatic carbocycles. The third kappa shape index (κ3) is 2.61. The monoisotopic (exact) mass is 232 g/mol. The van der Waals surface area contributed by atoms with E-state index in [1.165, 1.54) is 16.1 Å². The summed E-state index contributed by atoms with van der Waals surface area (Å²) in [7, 11) is 0. The van der Waals surface area contributed by atoms with Crippen LogP contribution in [-0.4, -0.2) is 4.98 Å². The summed E-state index contributed by atoms with van der Waals surface area (Å²) in [5.41, 5.74) is 11.0. The predicted molar refractivity (Wildman–Crippen MR) is 69.8 cm³/mol. The molecule has 16 heavy (non-hydrogen) atoms. The number of aromatic nitrogens is 1. The largest absolute Gasteiger partial charge is 0.399 e. The molecule has 2 rings (SSSR count). The Hall–Kier alpha value is -1.35. The lowest BCUT2D eigenvalue weighted by Crippen LogP contribution is -1.93. The Labute approximate surface area is 100 Å². The van der Waals surface area contributed by atoms with Gasteiger partial charge in [-0.1, -0.05) is 25.5 Å². The number of nitrogen functional groups attached to an aromatic ring is 1. The van der Waals surface area contributed by atoms with E-state index in [4.69, 9.17) is 5.73 Å². The second-order valence-electron chi connectivity index (χ2n) is 3.89. The van der Waals surface area contributed by atoms with Gasteiger partial charge in [-0.15, -0.1) is 11.3 Å². The molecule has 0 spiro atoms. The molecule has 2 N–H and O–H groups in total. The smallest absolute Gasteiger partial charge is 0.0797 e. The number of anilines is 1. The lowest BCUT2D eigenvalue weighted by Gasteiger charge is -2.02. The summed E-state index contributed by atoms with van der Waals surface area (Å²) in [4.78, 5) is 5.79. The van der Waals surface area contributed by atoms with E-state index < -0.39 is 0 Å². The Morgan fingerprint density at radius 1 is 1.25 bits per heavy atom. The number of hydrogen-bond acceptors (Lipinski definition) is 3. The number of nitrogens with two attached hydrogens (primary N) is 1. The Morgan fingerprint density at radius 3 is 2.69 bits per heavy atom. The first-order valence-corrected chi connectivity index (χ1v) is 6.43. The standard InChI is InChI=1S/C13H16N2S/c1-2-3-12-13(16-9-15-12)8-10-4-6-11(14)7-5-10/h4-7,9H,2-3,8,14H2,1H3. The summed E-state index contributed by atoms with van der Waals surface area (Å²) in [5.74, 6) is 0. The van der Waals surface area contributed by atoms with Gasteiger partial charge in [-0.25, -0.2) is 4.98 Å². The highest BCUT2D eigenvalue weighted by molar-refractivity contribution is 7.09. The number of benzene rings is 1. The highest BCUT2D eigenvalue weighted by atomic mass is 32.1. The SMILES string of the molecule is CCCc1ncsc1Cc1ccc(N)cc1. The third-order valence-electron chi connectivity index (χ3n) is 2.56. The maximum atomic E-state index is 5.67. The maximum absolute atomic E-state index is 5.67. The van der Waals surface area contributed by atoms with Crippen LogP contribution in [0.15, 0.2) is 29.8 Å². The van der Waals surface area contributed by atoms with Crippen LogP contribution in [0.1, 0.15) is 29.5 Å². The topological polar surface area (TPSA) is 38.9 Å². The van der Waals surface area contributed by atoms with Crippen molar-refractivity contribution in [2.75, 3.05) is 5.73 Å². The predicted octanol–water partition coefficient (Wildman–Crippen LogP) is 3.27. The molecule has 0 bridgehead atoms. The Balaban J connectivity index is 2.13. The molecule has 0 saturated carbocycles. The average molecular weight is 232 g/mol. The maximum Gasteiger partial charge on any atom is 0.0797 e. The zero-order valence-electron chi connectivity index (χ0n) is 9.44. The first kappa shape index (κ1) is 11.1. The van der Waals surface area contributed by atoms with Crippen molar-refractivity contribution >= 4 is 17.0 Å². The summed E-state index contributed by atoms with van der Waals surface area (Å²) >= 11 is 1.75. The van der Waals surface area contributed by atoms with E-state index in [0.29, 0.717) is 0 Å². The van der Waals surface area contributed by atoms with Gasteiger partial charge in [0.1, 0.15) is 0 Å². The molecule has 0 unspecified atom stereocenters. The van der Waals surface area contributed by atoms with E-state index in [2.05, 4.69) is 24.0 Å². The number of aryl methyl sites for hydroxylation is 1. The molecule has 0 saturated heterocycles. The third-order valence-corrected chi connectivity index (χ3v) is 3.43. The van der Waals surface area contributed by atoms with Gasteiger partial charge in [0.05, 0.1) is 11.2 Å². The Kier molecular flexibility index (Phi) is 3.57. The molecule has 1 aromatic carbocycles. The fourth-order valence-corrected chi connectivity index (χ4v) is 2.55. The fraction of sp³-hybridized carbons (Fsp3) is 0.308. The number of hydrogen-bond donors (Lipinski definition) is 1. The quantitative estimate of drug-likeness (QED) is 0.822. The molecule has 0 radical (unpaired) electrons. The molecule has 3 heteroatoms. The number of nitrogens with zero attached hydrogens (tertiary/aromatic N) is 1. The van der Waals surface area contributed by atoms with Crippen LogP contribution in [0.3, 0.4) is 0 Å². The highest BCUT2D eigenvalue weighted by Gasteiger charge is 2.05. The summed E-state index contributed by atoms with van der Waals surface area (Å²) in [6.45, 7) is 2.19. The average Bonchev–Trinajstić information content (AvgIpc) is 2.70. The molecular formula is C13H16N2S. The molecule has 2 nitrogen and oxygen atoms in total. The van der Waals surface area contributed by atoms with Crippen molar-refractivity contribution in [1.29, 1.82) is 0 Å². The molecule has 2 aromatic rings. The molecule has 0 atom stereocenters. The lowest BCUT2D eigenvalue weighted by molar-refractivity contribution is 0.878. The molecular weight excluding hydrogens is 216 g/mol. The van der Waals surface area contributed by atoms with Crippen LogP contribution < -0.4 is 5.73 Å². The van der Waals surface area contributed by atoms with Crippen molar-refractivity contribution in [1.82, 2.24) is 4.98 Å². The van der Waals surface area contributed by atoms with Crippen LogP contribution in [-0.2, 0) is 12.8 Å². The van der Waals surface area contributed by atoms with Crippen LogP contribution in [0.25, 0.3) is 0 Å². The van der Waals surface area contributed by atoms with Crippen molar-refractivity contribution in [2.45, 2.75) is 26.2 Å². The van der Waals surface area contributed by atoms with Gasteiger partial charge in [-0.3, -0.25) is 0 Å². The minimum atomic E-state index is 0.821. The van der Waals surface area contributed by atoms with Crippen molar-refractivity contribution in [2.24, 2.45) is 0 Å². The van der Waals surface area contributed by atoms with E-state index >= 15 is 0 Å². The van der Waals surface area contributed by atoms with Crippen LogP contribution >= 0.6 is 11.3 Å². The molecule has 84 valence electrons. The van der Waals surface area contributed by atoms with E-state index in [9.17, 15) is 0 Å². The molecule has 0 fully saturated rings. The second-order valence-corrected chi connectivity index (χ2v) is 4.83. The van der Waals surface area contributed by atoms with Crippen LogP contribution in [0, 0.1) is 0 Å². The van der Waals surface area contributed by atoms with Crippen molar-refractivity contribution in [3.8, 4) is 0 Å². The van der Waals surface area contributed by atoms with Gasteiger partial charge >= 0.3 is 0 Å². The van der Waals surface area contributed by atoms with Crippen LogP contribution in [0.5, 0.6) is 0 Å². The van der Waals surface area contributed by atoms with Crippen LogP contribution in [0.2, 0.25) is 0 Å². The Bertz CT molecular complexity index is 445. The lowest BCUT2D eigenvalue weighted by atomic mass is 10.1. The minimum absolute atomic E-state index is 0.821. The van der Waals surface area contributed by atoms with Crippen molar-refractivity contribution in [3.63, 3.8) is 0 Å². The zero-order valence-corrected chi connectivity index (χ0v) is 10.3. The van der Waals surface area contributed by atoms with Gasteiger partial charge < -0.3 is 5.73 Å². The van der Waals surface area contributed by atoms with Crippen molar-refractivity contribution < 1.29 is 0 Å². The van der Waals surface area contributed by atoms with E-state index in [-0.39, 0.29) is 0 Å². The normalized spacial score (nSPS) is 10.6. The van der Waals surface area contributed by atoms with Gasteiger partial charge in [0, 0.05) is 17.0 Å². The van der Waals surface area contributed by atoms with Gasteiger partial charge in [0.2, 0.25) is 0 Å². The number of rotatable bonds is 4. The van der Waals surface area contributed by atoms with Gasteiger partial charge in [0.15, 0.2) is 0 Å². The van der Waals surface area contributed by atoms with Crippen molar-refractivity contribution in [3.05, 3.63) is 45.9 Å². The highest BCUT2D eigenvalue weighted by Crippen LogP contribution is 2.20. The van der Waals surface area contributed by atoms with Crippen LogP contribution in [0.4, 0.5) is 5.69 Å². The summed E-state index contributed by atoms with van der Waals surface area (Å²) < 4.78 is 0. The Morgan fingerprint density at radius 2 is 2.00 bits per heavy atom. The fourth-order valence-electron chi connectivity index (χ4n) is 1.70. The number of thiazole rings is 1. The minimum Gasteiger partial charge on any atom is -0.399 e. The summed E-state index contributed by atoms with van der Waals surface area (Å²) in [6.07, 6.45) is 3.20. The first-order valence-electron chi connectivity index (χ1n) is 5.55. The summed E-state index contributed by atoms with van der Waals surface area (Å²) in [5, 5.41) is 0. The van der Waals surface area contributed by atoms with Gasteiger partial charge in [-0.2, -0.15) is 0 Å². The first-order chi connectivity index (χ1) is 7.79. The zero-order chi connectivity index (χ0) is 11.4. The molecule has 0 aliphatic rings. The molecule has 0 amide bonds. The second kappa shape index (κ2) is 5.12. The molecule has 1 aromatic heterocycles. The van der Waals surface area contributed by atoms with Gasteiger partial charge in [0.25, 0.3) is 0 Å². The van der Waals surface area contributed by atoms with Gasteiger partial charge in [-0.05, 0) is 24.1 Å². The molecule has 1 heterocycles. The molecule has 0 aliphatic heterocycles.